The quantitative estimate of drug-likeness (QED) is 0.129. The monoisotopic (exact) mass is 665 g/mol. The minimum Gasteiger partial charge on any atom is -0.485 e. The van der Waals surface area contributed by atoms with Gasteiger partial charge >= 0.3 is 12.1 Å². The van der Waals surface area contributed by atoms with E-state index < -0.39 is 0 Å². The zero-order valence-electron chi connectivity index (χ0n) is 29.0. The first-order valence-corrected chi connectivity index (χ1v) is 17.3. The highest BCUT2D eigenvalue weighted by molar-refractivity contribution is 6.01. The number of likely N-dealkylation sites (tertiary alicyclic amines) is 1. The van der Waals surface area contributed by atoms with Crippen LogP contribution in [0.1, 0.15) is 67.9 Å². The van der Waals surface area contributed by atoms with Crippen molar-refractivity contribution in [2.75, 3.05) is 45.8 Å². The molecule has 49 heavy (non-hydrogen) atoms. The minimum absolute atomic E-state index is 0.124. The first-order chi connectivity index (χ1) is 23.7. The minimum atomic E-state index is -0.290. The highest BCUT2D eigenvalue weighted by Crippen LogP contribution is 2.53. The van der Waals surface area contributed by atoms with Crippen molar-refractivity contribution in [3.8, 4) is 16.9 Å². The van der Waals surface area contributed by atoms with Gasteiger partial charge in [0.15, 0.2) is 0 Å². The van der Waals surface area contributed by atoms with Gasteiger partial charge in [0, 0.05) is 55.8 Å². The van der Waals surface area contributed by atoms with E-state index in [2.05, 4.69) is 29.2 Å². The molecule has 3 aromatic carbocycles. The maximum atomic E-state index is 12.9. The number of rotatable bonds is 11. The molecular formula is C40H47N3O6. The van der Waals surface area contributed by atoms with Crippen molar-refractivity contribution in [1.82, 2.24) is 9.88 Å². The molecule has 1 amide bonds. The van der Waals surface area contributed by atoms with E-state index in [1.807, 2.05) is 62.1 Å². The van der Waals surface area contributed by atoms with E-state index in [-0.39, 0.29) is 35.9 Å². The highest BCUT2D eigenvalue weighted by Gasteiger charge is 2.47. The van der Waals surface area contributed by atoms with Gasteiger partial charge in [0.1, 0.15) is 17.7 Å². The molecule has 1 atom stereocenters. The Bertz CT molecular complexity index is 1810. The highest BCUT2D eigenvalue weighted by atomic mass is 16.6. The number of esters is 1. The second-order valence-electron chi connectivity index (χ2n) is 13.7. The van der Waals surface area contributed by atoms with Crippen LogP contribution in [0.5, 0.6) is 5.75 Å². The summed E-state index contributed by atoms with van der Waals surface area (Å²) in [5.74, 6) is 1.18. The van der Waals surface area contributed by atoms with E-state index in [9.17, 15) is 9.59 Å². The average Bonchev–Trinajstić information content (AvgIpc) is 3.38. The summed E-state index contributed by atoms with van der Waals surface area (Å²) in [5.41, 5.74) is 12.4. The molecular weight excluding hydrogens is 618 g/mol. The number of nitrogen functional groups attached to an aromatic ring is 1. The number of anilines is 1. The molecule has 1 aromatic heterocycles. The second kappa shape index (κ2) is 14.9. The van der Waals surface area contributed by atoms with E-state index in [0.717, 1.165) is 57.9 Å². The fourth-order valence-electron chi connectivity index (χ4n) is 7.31. The summed E-state index contributed by atoms with van der Waals surface area (Å²) in [6.45, 7) is 8.58. The van der Waals surface area contributed by atoms with Gasteiger partial charge in [-0.2, -0.15) is 0 Å². The Hall–Kier alpha value is -4.63. The fourth-order valence-corrected chi connectivity index (χ4v) is 7.31. The van der Waals surface area contributed by atoms with Crippen LogP contribution < -0.4 is 10.5 Å². The molecule has 2 N–H and O–H groups in total. The van der Waals surface area contributed by atoms with Crippen molar-refractivity contribution in [3.05, 3.63) is 89.1 Å². The van der Waals surface area contributed by atoms with Gasteiger partial charge in [0.05, 0.1) is 19.6 Å². The second-order valence-corrected chi connectivity index (χ2v) is 13.7. The van der Waals surface area contributed by atoms with E-state index in [1.54, 1.807) is 13.3 Å². The topological polar surface area (TPSA) is 113 Å². The zero-order chi connectivity index (χ0) is 34.5. The van der Waals surface area contributed by atoms with Gasteiger partial charge in [0.2, 0.25) is 0 Å². The number of amides is 1. The van der Waals surface area contributed by atoms with Gasteiger partial charge in [-0.15, -0.1) is 0 Å². The van der Waals surface area contributed by atoms with E-state index >= 15 is 0 Å². The van der Waals surface area contributed by atoms with Crippen molar-refractivity contribution in [3.63, 3.8) is 0 Å². The van der Waals surface area contributed by atoms with Gasteiger partial charge < -0.3 is 29.6 Å². The number of hydrogen-bond acceptors (Lipinski definition) is 8. The number of fused-ring (bicyclic) bond motifs is 3. The van der Waals surface area contributed by atoms with Crippen LogP contribution in [0.25, 0.3) is 21.9 Å². The number of hydrogen-bond donors (Lipinski definition) is 1. The van der Waals surface area contributed by atoms with Crippen LogP contribution in [0.3, 0.4) is 0 Å². The number of ether oxygens (including phenoxy) is 4. The molecule has 0 radical (unpaired) electrons. The third kappa shape index (κ3) is 7.37. The predicted octanol–water partition coefficient (Wildman–Crippen LogP) is 7.56. The Balaban J connectivity index is 1.33. The van der Waals surface area contributed by atoms with Crippen LogP contribution in [0.15, 0.2) is 66.9 Å². The number of nitrogens with two attached hydrogens (primary N) is 1. The third-order valence-corrected chi connectivity index (χ3v) is 9.93. The summed E-state index contributed by atoms with van der Waals surface area (Å²) < 4.78 is 23.1. The van der Waals surface area contributed by atoms with E-state index in [0.29, 0.717) is 50.9 Å². The molecule has 6 rings (SSSR count). The summed E-state index contributed by atoms with van der Waals surface area (Å²) in [6, 6.07) is 20.7. The lowest BCUT2D eigenvalue weighted by molar-refractivity contribution is -0.143. The smallest absolute Gasteiger partial charge is 0.409 e. The Morgan fingerprint density at radius 1 is 1.00 bits per heavy atom. The third-order valence-electron chi connectivity index (χ3n) is 9.93. The number of carbonyl (C=O) groups is 2. The van der Waals surface area contributed by atoms with Crippen molar-refractivity contribution in [2.24, 2.45) is 5.92 Å². The molecule has 1 spiro atoms. The number of aromatic nitrogens is 1. The van der Waals surface area contributed by atoms with Gasteiger partial charge in [-0.25, -0.2) is 9.78 Å². The maximum Gasteiger partial charge on any atom is 0.409 e. The summed E-state index contributed by atoms with van der Waals surface area (Å²) in [4.78, 5) is 31.9. The van der Waals surface area contributed by atoms with Crippen LogP contribution in [0.4, 0.5) is 10.6 Å². The van der Waals surface area contributed by atoms with Gasteiger partial charge in [-0.05, 0) is 83.5 Å². The van der Waals surface area contributed by atoms with Crippen LogP contribution in [-0.4, -0.2) is 62.0 Å². The first-order valence-electron chi connectivity index (χ1n) is 17.3. The number of methoxy groups -OCH3 is 1. The predicted molar refractivity (Wildman–Crippen MR) is 191 cm³/mol. The van der Waals surface area contributed by atoms with Gasteiger partial charge in [-0.3, -0.25) is 4.79 Å². The van der Waals surface area contributed by atoms with Gasteiger partial charge in [0.25, 0.3) is 0 Å². The first kappa shape index (κ1) is 34.2. The largest absolute Gasteiger partial charge is 0.485 e. The number of pyridine rings is 1. The zero-order valence-corrected chi connectivity index (χ0v) is 29.0. The normalized spacial score (nSPS) is 16.6. The molecule has 1 aliphatic heterocycles. The number of nitrogens with zero attached hydrogens (tertiary/aromatic N) is 2. The van der Waals surface area contributed by atoms with Gasteiger partial charge in [-0.1, -0.05) is 56.3 Å². The van der Waals surface area contributed by atoms with Crippen molar-refractivity contribution in [2.45, 2.75) is 64.4 Å². The van der Waals surface area contributed by atoms with Crippen LogP contribution >= 0.6 is 0 Å². The molecule has 2 heterocycles. The maximum absolute atomic E-state index is 12.9. The van der Waals surface area contributed by atoms with Crippen molar-refractivity contribution in [1.29, 1.82) is 0 Å². The Morgan fingerprint density at radius 3 is 2.57 bits per heavy atom. The van der Waals surface area contributed by atoms with Crippen LogP contribution in [0.2, 0.25) is 0 Å². The molecule has 9 heteroatoms. The summed E-state index contributed by atoms with van der Waals surface area (Å²) in [6.07, 6.45) is 4.40. The lowest BCUT2D eigenvalue weighted by atomic mass is 9.73. The fraction of sp³-hybridized carbons (Fsp3) is 0.425. The van der Waals surface area contributed by atoms with Crippen LogP contribution in [0, 0.1) is 12.8 Å². The number of carbonyl (C=O) groups excluding carboxylic acids is 2. The number of benzene rings is 3. The molecule has 0 saturated carbocycles. The molecule has 1 fully saturated rings. The number of aryl methyl sites for hydroxylation is 1. The van der Waals surface area contributed by atoms with Crippen molar-refractivity contribution >= 4 is 28.7 Å². The summed E-state index contributed by atoms with van der Waals surface area (Å²) >= 11 is 0. The number of piperidine rings is 1. The molecule has 258 valence electrons. The molecule has 1 aliphatic carbocycles. The molecule has 9 nitrogen and oxygen atoms in total. The van der Waals surface area contributed by atoms with E-state index in [4.69, 9.17) is 24.7 Å². The SMILES string of the molecule is COCCCOC(=O)Cc1c(C)cccc1OC1CC2(CCN(C(=O)OCC(C)C)CC2)c2ccc(-c3cccc4c(N)nccc34)cc21. The molecule has 1 unspecified atom stereocenters. The molecule has 1 saturated heterocycles. The van der Waals surface area contributed by atoms with E-state index in [1.165, 1.54) is 5.56 Å². The Kier molecular flexibility index (Phi) is 10.4. The lowest BCUT2D eigenvalue weighted by Gasteiger charge is -2.39. The Labute approximate surface area is 288 Å². The van der Waals surface area contributed by atoms with Crippen LogP contribution in [-0.2, 0) is 30.8 Å². The molecule has 2 aliphatic rings. The summed E-state index contributed by atoms with van der Waals surface area (Å²) in [5, 5.41) is 1.96. The average molecular weight is 666 g/mol. The standard InChI is InChI=1S/C40H47N3O6/c1-26(2)25-48-39(45)43-18-15-40(16-19-43)24-36(49-35-11-5-8-27(3)32(35)23-37(44)47-21-7-20-46-4)33-22-28(12-13-34(33)40)29-9-6-10-31-30(29)14-17-42-38(31)41/h5-6,8-14,17,22,26,36H,7,15-16,18-21,23-25H2,1-4H3,(H2,41,42). The van der Waals surface area contributed by atoms with Crippen molar-refractivity contribution < 1.29 is 28.5 Å². The molecule has 0 bridgehead atoms. The lowest BCUT2D eigenvalue weighted by Crippen LogP contribution is -2.45. The molecule has 4 aromatic rings. The summed E-state index contributed by atoms with van der Waals surface area (Å²) in [7, 11) is 1.63. The Morgan fingerprint density at radius 2 is 1.80 bits per heavy atom.